The van der Waals surface area contributed by atoms with Gasteiger partial charge in [-0.2, -0.15) is 0 Å². The van der Waals surface area contributed by atoms with Crippen LogP contribution in [0.4, 0.5) is 0 Å². The van der Waals surface area contributed by atoms with Gasteiger partial charge in [0.15, 0.2) is 11.7 Å². The first kappa shape index (κ1) is 10.2. The van der Waals surface area contributed by atoms with E-state index in [4.69, 9.17) is 10.9 Å². The summed E-state index contributed by atoms with van der Waals surface area (Å²) in [6, 6.07) is 0. The molecule has 5 nitrogen and oxygen atoms in total. The van der Waals surface area contributed by atoms with Gasteiger partial charge in [0.2, 0.25) is 0 Å². The molecule has 0 aliphatic carbocycles. The van der Waals surface area contributed by atoms with Crippen molar-refractivity contribution >= 4 is 11.4 Å². The molecule has 1 aromatic heterocycles. The van der Waals surface area contributed by atoms with Gasteiger partial charge in [0.05, 0.1) is 5.56 Å². The Labute approximate surface area is 82.0 Å². The molecule has 1 rings (SSSR count). The van der Waals surface area contributed by atoms with Gasteiger partial charge in [-0.3, -0.25) is 0 Å². The normalized spacial score (nSPS) is 13.0. The largest absolute Gasteiger partial charge is 0.409 e. The van der Waals surface area contributed by atoms with Crippen LogP contribution in [-0.4, -0.2) is 21.0 Å². The summed E-state index contributed by atoms with van der Waals surface area (Å²) in [5.74, 6) is 0.650. The molecule has 0 unspecified atom stereocenters. The van der Waals surface area contributed by atoms with Crippen molar-refractivity contribution in [2.24, 2.45) is 10.9 Å². The Bertz CT molecular complexity index is 330. The summed E-state index contributed by atoms with van der Waals surface area (Å²) in [5.41, 5.74) is 6.84. The summed E-state index contributed by atoms with van der Waals surface area (Å²) in [6.45, 7) is 3.83. The second-order valence-electron chi connectivity index (χ2n) is 2.75. The molecule has 0 radical (unpaired) electrons. The molecule has 0 aliphatic rings. The lowest BCUT2D eigenvalue weighted by atomic mass is 10.2. The van der Waals surface area contributed by atoms with Gasteiger partial charge >= 0.3 is 0 Å². The van der Waals surface area contributed by atoms with Gasteiger partial charge in [-0.15, -0.1) is 0 Å². The Hall–Kier alpha value is -1.91. The van der Waals surface area contributed by atoms with Crippen LogP contribution in [0.3, 0.4) is 0 Å². The summed E-state index contributed by atoms with van der Waals surface area (Å²) in [4.78, 5) is 8.13. The van der Waals surface area contributed by atoms with Crippen LogP contribution in [0, 0.1) is 0 Å². The third-order valence-electron chi connectivity index (χ3n) is 1.84. The minimum absolute atomic E-state index is 0.00896. The maximum atomic E-state index is 8.41. The van der Waals surface area contributed by atoms with Gasteiger partial charge in [0, 0.05) is 12.4 Å². The van der Waals surface area contributed by atoms with Crippen LogP contribution in [0.15, 0.2) is 23.6 Å². The van der Waals surface area contributed by atoms with Gasteiger partial charge in [0.25, 0.3) is 0 Å². The van der Waals surface area contributed by atoms with Crippen molar-refractivity contribution < 1.29 is 5.21 Å². The molecule has 0 saturated carbocycles. The van der Waals surface area contributed by atoms with Crippen LogP contribution in [0.5, 0.6) is 0 Å². The number of hydrogen-bond donors (Lipinski definition) is 2. The first-order chi connectivity index (χ1) is 6.69. The minimum atomic E-state index is 0.00896. The average molecular weight is 192 g/mol. The van der Waals surface area contributed by atoms with E-state index < -0.39 is 0 Å². The van der Waals surface area contributed by atoms with Crippen molar-refractivity contribution in [3.8, 4) is 0 Å². The number of aromatic nitrogens is 2. The van der Waals surface area contributed by atoms with Crippen LogP contribution in [0.1, 0.15) is 25.2 Å². The smallest absolute Gasteiger partial charge is 0.173 e. The summed E-state index contributed by atoms with van der Waals surface area (Å²) in [5, 5.41) is 11.3. The van der Waals surface area contributed by atoms with Gasteiger partial charge in [-0.1, -0.05) is 11.2 Å². The fourth-order valence-electron chi connectivity index (χ4n) is 0.851. The van der Waals surface area contributed by atoms with Crippen molar-refractivity contribution in [1.82, 2.24) is 9.97 Å². The molecule has 74 valence electrons. The molecule has 5 heteroatoms. The summed E-state index contributed by atoms with van der Waals surface area (Å²) in [7, 11) is 0. The summed E-state index contributed by atoms with van der Waals surface area (Å²) >= 11 is 0. The number of rotatable bonds is 2. The zero-order valence-electron chi connectivity index (χ0n) is 8.10. The highest BCUT2D eigenvalue weighted by Crippen LogP contribution is 2.06. The number of allylic oxidation sites excluding steroid dienone is 2. The fraction of sp³-hybridized carbons (Fsp3) is 0.222. The summed E-state index contributed by atoms with van der Waals surface area (Å²) < 4.78 is 0. The molecule has 0 fully saturated rings. The van der Waals surface area contributed by atoms with Crippen LogP contribution in [0.2, 0.25) is 0 Å². The lowest BCUT2D eigenvalue weighted by Gasteiger charge is -2.00. The quantitative estimate of drug-likeness (QED) is 0.317. The van der Waals surface area contributed by atoms with Crippen LogP contribution >= 0.6 is 0 Å². The first-order valence-electron chi connectivity index (χ1n) is 4.12. The fourth-order valence-corrected chi connectivity index (χ4v) is 0.851. The van der Waals surface area contributed by atoms with E-state index in [0.717, 1.165) is 5.57 Å². The Morgan fingerprint density at radius 3 is 2.50 bits per heavy atom. The molecule has 14 heavy (non-hydrogen) atoms. The lowest BCUT2D eigenvalue weighted by molar-refractivity contribution is 0.318. The lowest BCUT2D eigenvalue weighted by Crippen LogP contribution is -2.14. The average Bonchev–Trinajstić information content (AvgIpc) is 2.27. The van der Waals surface area contributed by atoms with Crippen LogP contribution in [-0.2, 0) is 0 Å². The van der Waals surface area contributed by atoms with Crippen LogP contribution < -0.4 is 5.73 Å². The number of nitrogens with two attached hydrogens (primary N) is 1. The van der Waals surface area contributed by atoms with Gasteiger partial charge in [-0.25, -0.2) is 9.97 Å². The Morgan fingerprint density at radius 2 is 2.07 bits per heavy atom. The third-order valence-corrected chi connectivity index (χ3v) is 1.84. The topological polar surface area (TPSA) is 84.4 Å². The summed E-state index contributed by atoms with van der Waals surface area (Å²) in [6.07, 6.45) is 4.95. The minimum Gasteiger partial charge on any atom is -0.409 e. The van der Waals surface area contributed by atoms with Crippen LogP contribution in [0.25, 0.3) is 5.57 Å². The zero-order valence-corrected chi connectivity index (χ0v) is 8.10. The molecule has 0 amide bonds. The molecule has 1 heterocycles. The van der Waals surface area contributed by atoms with Crippen molar-refractivity contribution in [3.05, 3.63) is 29.9 Å². The molecule has 0 spiro atoms. The highest BCUT2D eigenvalue weighted by Gasteiger charge is 2.02. The van der Waals surface area contributed by atoms with E-state index in [-0.39, 0.29) is 5.84 Å². The van der Waals surface area contributed by atoms with Crippen molar-refractivity contribution in [3.63, 3.8) is 0 Å². The predicted molar refractivity (Wildman–Crippen MR) is 53.9 cm³/mol. The van der Waals surface area contributed by atoms with E-state index in [9.17, 15) is 0 Å². The maximum Gasteiger partial charge on any atom is 0.173 e. The molecule has 0 saturated heterocycles. The van der Waals surface area contributed by atoms with Gasteiger partial charge in [0.1, 0.15) is 0 Å². The zero-order chi connectivity index (χ0) is 10.6. The molecule has 1 aromatic rings. The van der Waals surface area contributed by atoms with Crippen molar-refractivity contribution in [1.29, 1.82) is 0 Å². The molecule has 0 bridgehead atoms. The highest BCUT2D eigenvalue weighted by atomic mass is 16.4. The van der Waals surface area contributed by atoms with Gasteiger partial charge < -0.3 is 10.9 Å². The van der Waals surface area contributed by atoms with Crippen molar-refractivity contribution in [2.45, 2.75) is 13.8 Å². The monoisotopic (exact) mass is 192 g/mol. The molecule has 3 N–H and O–H groups in total. The molecule has 0 aliphatic heterocycles. The molecule has 0 aromatic carbocycles. The Balaban J connectivity index is 3.01. The standard InChI is InChI=1S/C9H12N4O/c1-3-6(2)9-11-4-7(5-12-9)8(10)13-14/h3-5,14H,1-2H3,(H2,10,13). The molecule has 0 atom stereocenters. The highest BCUT2D eigenvalue weighted by molar-refractivity contribution is 5.96. The van der Waals surface area contributed by atoms with E-state index in [1.54, 1.807) is 0 Å². The second-order valence-corrected chi connectivity index (χ2v) is 2.75. The van der Waals surface area contributed by atoms with E-state index in [2.05, 4.69) is 15.1 Å². The Kier molecular flexibility index (Phi) is 3.17. The molecular formula is C9H12N4O. The van der Waals surface area contributed by atoms with E-state index in [0.29, 0.717) is 11.4 Å². The maximum absolute atomic E-state index is 8.41. The van der Waals surface area contributed by atoms with Gasteiger partial charge in [-0.05, 0) is 19.4 Å². The van der Waals surface area contributed by atoms with E-state index in [1.165, 1.54) is 12.4 Å². The van der Waals surface area contributed by atoms with Crippen molar-refractivity contribution in [2.75, 3.05) is 0 Å². The van der Waals surface area contributed by atoms with E-state index in [1.807, 2.05) is 19.9 Å². The third kappa shape index (κ3) is 2.07. The SMILES string of the molecule is CC=C(C)c1ncc(C(N)=NO)cn1. The van der Waals surface area contributed by atoms with E-state index >= 15 is 0 Å². The number of nitrogens with zero attached hydrogens (tertiary/aromatic N) is 3. The first-order valence-corrected chi connectivity index (χ1v) is 4.12. The molecular weight excluding hydrogens is 180 g/mol. The predicted octanol–water partition coefficient (Wildman–Crippen LogP) is 0.994. The second kappa shape index (κ2) is 4.36. The number of hydrogen-bond acceptors (Lipinski definition) is 4. The number of oxime groups is 1. The Morgan fingerprint density at radius 1 is 1.50 bits per heavy atom. The number of amidine groups is 1.